The van der Waals surface area contributed by atoms with Crippen molar-refractivity contribution in [3.8, 4) is 11.5 Å². The van der Waals surface area contributed by atoms with E-state index in [1.54, 1.807) is 33.8 Å². The van der Waals surface area contributed by atoms with Gasteiger partial charge in [-0.15, -0.1) is 0 Å². The Morgan fingerprint density at radius 1 is 0.878 bits per heavy atom. The van der Waals surface area contributed by atoms with Gasteiger partial charge in [-0.05, 0) is 54.8 Å². The van der Waals surface area contributed by atoms with Crippen LogP contribution in [0.25, 0.3) is 16.7 Å². The molecule has 0 atom stereocenters. The summed E-state index contributed by atoms with van der Waals surface area (Å²) in [6, 6.07) is 10.00. The normalized spacial score (nSPS) is 17.5. The van der Waals surface area contributed by atoms with Crippen LogP contribution in [0.5, 0.6) is 11.5 Å². The molecule has 3 aromatic rings. The van der Waals surface area contributed by atoms with Crippen molar-refractivity contribution in [1.82, 2.24) is 0 Å². The third-order valence-electron chi connectivity index (χ3n) is 8.12. The predicted octanol–water partition coefficient (Wildman–Crippen LogP) is 0.538. The summed E-state index contributed by atoms with van der Waals surface area (Å²) in [5.74, 6) is -3.69. The predicted molar refractivity (Wildman–Crippen MR) is 174 cm³/mol. The van der Waals surface area contributed by atoms with Gasteiger partial charge in [0.25, 0.3) is 10.1 Å². The summed E-state index contributed by atoms with van der Waals surface area (Å²) in [7, 11) is -14.9. The van der Waals surface area contributed by atoms with E-state index >= 15 is 0 Å². The van der Waals surface area contributed by atoms with Crippen molar-refractivity contribution >= 4 is 58.7 Å². The standard InChI is InChI=1S/C32H30N2O12S3/c1-31(2)12-16(14-47(37,38)39)20-9-22-25(11-24(20)33-31)46-28-23(26(22)18-7-5-6-8-19(18)30(35)36)10-21-17(15-48(40,41)42)13-32(3,4)34-27(21)29(28)49(43,44)45/h5-13,33H,14-15H2,1-4H3,(H,35,36)(H,37,38,39)(H,40,41,42)(H,43,44,45)/p-1. The van der Waals surface area contributed by atoms with E-state index in [0.717, 1.165) is 0 Å². The molecule has 49 heavy (non-hydrogen) atoms. The number of carboxylic acid groups (broad SMARTS) is 1. The summed E-state index contributed by atoms with van der Waals surface area (Å²) >= 11 is 0. The SMILES string of the molecule is CC1(C)C=C(CS(=O)(=O)O)c2cc3c(cc2N1)Oc1c(S(=O)(=O)[O-])c2c(cc1=C3c1ccccc1C(=O)O)C(CS(=O)(=O)[O-])=CC(C)(C)[NH+]=2. The van der Waals surface area contributed by atoms with E-state index in [2.05, 4.69) is 10.3 Å². The lowest BCUT2D eigenvalue weighted by Gasteiger charge is -2.34. The Morgan fingerprint density at radius 2 is 1.53 bits per heavy atom. The van der Waals surface area contributed by atoms with Crippen molar-refractivity contribution in [3.63, 3.8) is 0 Å². The van der Waals surface area contributed by atoms with Gasteiger partial charge in [-0.3, -0.25) is 4.55 Å². The van der Waals surface area contributed by atoms with Crippen LogP contribution in [-0.4, -0.2) is 72.6 Å². The van der Waals surface area contributed by atoms with Gasteiger partial charge in [-0.1, -0.05) is 24.3 Å². The molecule has 0 radical (unpaired) electrons. The van der Waals surface area contributed by atoms with Crippen LogP contribution < -0.4 is 25.6 Å². The van der Waals surface area contributed by atoms with Crippen molar-refractivity contribution in [2.75, 3.05) is 16.8 Å². The number of fused-ring (bicyclic) bond motifs is 4. The Hall–Kier alpha value is -4.39. The van der Waals surface area contributed by atoms with E-state index < -0.39 is 69.6 Å². The maximum atomic E-state index is 13.1. The molecule has 3 aliphatic heterocycles. The Balaban J connectivity index is 1.84. The van der Waals surface area contributed by atoms with E-state index in [1.807, 2.05) is 0 Å². The quantitative estimate of drug-likeness (QED) is 0.190. The number of carbonyl (C=O) groups is 1. The molecule has 0 fully saturated rings. The monoisotopic (exact) mass is 729 g/mol. The average Bonchev–Trinajstić information content (AvgIpc) is 2.90. The molecule has 4 N–H and O–H groups in total. The molecule has 3 aromatic carbocycles. The second-order valence-corrected chi connectivity index (χ2v) is 17.3. The first-order valence-corrected chi connectivity index (χ1v) is 19.1. The first-order chi connectivity index (χ1) is 22.4. The summed E-state index contributed by atoms with van der Waals surface area (Å²) in [6.07, 6.45) is 3.02. The van der Waals surface area contributed by atoms with E-state index in [-0.39, 0.29) is 55.3 Å². The molecule has 0 aromatic heterocycles. The molecule has 17 heteroatoms. The number of hydrogen-bond donors (Lipinski definition) is 4. The molecule has 0 saturated carbocycles. The minimum absolute atomic E-state index is 0.0318. The number of nitrogens with one attached hydrogen (secondary N) is 2. The summed E-state index contributed by atoms with van der Waals surface area (Å²) in [5.41, 5.74) is -1.35. The molecule has 3 aliphatic rings. The maximum absolute atomic E-state index is 13.1. The second-order valence-electron chi connectivity index (χ2n) is 13.1. The van der Waals surface area contributed by atoms with Crippen molar-refractivity contribution in [2.24, 2.45) is 0 Å². The number of benzene rings is 3. The van der Waals surface area contributed by atoms with E-state index in [9.17, 15) is 48.8 Å². The lowest BCUT2D eigenvalue weighted by atomic mass is 9.84. The zero-order valence-electron chi connectivity index (χ0n) is 26.3. The first kappa shape index (κ1) is 34.5. The number of carboxylic acids is 1. The van der Waals surface area contributed by atoms with Gasteiger partial charge < -0.3 is 24.3 Å². The van der Waals surface area contributed by atoms with Crippen LogP contribution in [0.1, 0.15) is 60.3 Å². The van der Waals surface area contributed by atoms with Crippen LogP contribution in [0, 0.1) is 0 Å². The summed E-state index contributed by atoms with van der Waals surface area (Å²) in [4.78, 5) is 14.6. The molecular weight excluding hydrogens is 701 g/mol. The highest BCUT2D eigenvalue weighted by molar-refractivity contribution is 7.86. The minimum Gasteiger partial charge on any atom is -0.748 e. The van der Waals surface area contributed by atoms with E-state index in [4.69, 9.17) is 4.74 Å². The fraction of sp³-hybridized carbons (Fsp3) is 0.250. The van der Waals surface area contributed by atoms with Gasteiger partial charge in [-0.2, -0.15) is 8.42 Å². The number of hydrogen-bond acceptors (Lipinski definition) is 11. The molecule has 0 unspecified atom stereocenters. The summed E-state index contributed by atoms with van der Waals surface area (Å²) in [5, 5.41) is 13.0. The number of ether oxygens (including phenoxy) is 1. The van der Waals surface area contributed by atoms with Gasteiger partial charge in [0.2, 0.25) is 5.36 Å². The Morgan fingerprint density at radius 3 is 2.14 bits per heavy atom. The molecule has 258 valence electrons. The van der Waals surface area contributed by atoms with Crippen molar-refractivity contribution in [1.29, 1.82) is 0 Å². The van der Waals surface area contributed by atoms with Gasteiger partial charge in [0.1, 0.15) is 21.6 Å². The Labute approximate surface area is 281 Å². The van der Waals surface area contributed by atoms with Crippen molar-refractivity contribution < 1.29 is 58.5 Å². The van der Waals surface area contributed by atoms with Crippen LogP contribution in [0.4, 0.5) is 5.69 Å². The highest BCUT2D eigenvalue weighted by atomic mass is 32.2. The van der Waals surface area contributed by atoms with Crippen LogP contribution in [0.15, 0.2) is 59.5 Å². The third kappa shape index (κ3) is 6.64. The van der Waals surface area contributed by atoms with Crippen LogP contribution >= 0.6 is 0 Å². The molecule has 0 saturated heterocycles. The van der Waals surface area contributed by atoms with Crippen LogP contribution in [0.2, 0.25) is 0 Å². The fourth-order valence-electron chi connectivity index (χ4n) is 6.60. The topological polar surface area (TPSA) is 241 Å². The zero-order valence-corrected chi connectivity index (χ0v) is 28.8. The largest absolute Gasteiger partial charge is 0.748 e. The lowest BCUT2D eigenvalue weighted by Crippen LogP contribution is -2.89. The smallest absolute Gasteiger partial charge is 0.336 e. The molecule has 3 heterocycles. The minimum atomic E-state index is -5.44. The molecule has 0 amide bonds. The van der Waals surface area contributed by atoms with Crippen LogP contribution in [0.3, 0.4) is 0 Å². The molecule has 0 spiro atoms. The van der Waals surface area contributed by atoms with E-state index in [1.165, 1.54) is 48.5 Å². The van der Waals surface area contributed by atoms with Crippen molar-refractivity contribution in [3.05, 3.63) is 93.0 Å². The number of aromatic carboxylic acids is 1. The highest BCUT2D eigenvalue weighted by Gasteiger charge is 2.37. The van der Waals surface area contributed by atoms with E-state index in [0.29, 0.717) is 11.3 Å². The fourth-order valence-corrected chi connectivity index (χ4v) is 8.64. The van der Waals surface area contributed by atoms with Gasteiger partial charge in [-0.25, -0.2) is 26.6 Å². The third-order valence-corrected chi connectivity index (χ3v) is 10.3. The molecule has 6 rings (SSSR count). The molecule has 0 bridgehead atoms. The lowest BCUT2D eigenvalue weighted by molar-refractivity contribution is -0.570. The maximum Gasteiger partial charge on any atom is 0.336 e. The zero-order chi connectivity index (χ0) is 36.1. The number of rotatable bonds is 7. The average molecular weight is 730 g/mol. The van der Waals surface area contributed by atoms with Gasteiger partial charge in [0.15, 0.2) is 16.2 Å². The summed E-state index contributed by atoms with van der Waals surface area (Å²) < 4.78 is 116. The Bertz CT molecular complexity index is 2550. The molecular formula is C32H29N2O12S3-. The second kappa shape index (κ2) is 11.1. The van der Waals surface area contributed by atoms with Gasteiger partial charge in [0, 0.05) is 47.5 Å². The Kier molecular flexibility index (Phi) is 7.78. The van der Waals surface area contributed by atoms with Crippen molar-refractivity contribution in [2.45, 2.75) is 43.7 Å². The first-order valence-electron chi connectivity index (χ1n) is 14.6. The van der Waals surface area contributed by atoms with Gasteiger partial charge in [0.05, 0.1) is 32.5 Å². The van der Waals surface area contributed by atoms with Crippen LogP contribution in [-0.2, 0) is 30.4 Å². The highest BCUT2D eigenvalue weighted by Crippen LogP contribution is 2.45. The number of anilines is 1. The summed E-state index contributed by atoms with van der Waals surface area (Å²) in [6.45, 7) is 6.63. The van der Waals surface area contributed by atoms with Gasteiger partial charge >= 0.3 is 5.97 Å². The molecule has 14 nitrogen and oxygen atoms in total. The molecule has 0 aliphatic carbocycles.